The maximum Gasteiger partial charge on any atom is 0.251 e. The number of aryl methyl sites for hydroxylation is 1. The Balaban J connectivity index is 1.62. The van der Waals surface area contributed by atoms with Crippen LogP contribution in [0.2, 0.25) is 0 Å². The lowest BCUT2D eigenvalue weighted by Crippen LogP contribution is -2.52. The minimum absolute atomic E-state index is 0.152. The number of anilines is 1. The van der Waals surface area contributed by atoms with Crippen LogP contribution in [0.1, 0.15) is 82.3 Å². The molecule has 3 N–H and O–H groups in total. The van der Waals surface area contributed by atoms with Gasteiger partial charge < -0.3 is 20.3 Å². The molecule has 8 nitrogen and oxygen atoms in total. The fourth-order valence-electron chi connectivity index (χ4n) is 6.03. The van der Waals surface area contributed by atoms with E-state index in [0.717, 1.165) is 47.7 Å². The molecule has 1 aliphatic heterocycles. The molecule has 0 aliphatic carbocycles. The number of aliphatic hydroxyl groups is 1. The number of benzene rings is 2. The van der Waals surface area contributed by atoms with Gasteiger partial charge in [0.1, 0.15) is 0 Å². The van der Waals surface area contributed by atoms with Crippen LogP contribution >= 0.6 is 0 Å². The molecule has 1 amide bonds. The molecule has 43 heavy (non-hydrogen) atoms. The molecule has 0 saturated heterocycles. The molecule has 236 valence electrons. The van der Waals surface area contributed by atoms with E-state index in [0.29, 0.717) is 36.7 Å². The lowest BCUT2D eigenvalue weighted by atomic mass is 9.93. The molecule has 1 aromatic heterocycles. The lowest BCUT2D eigenvalue weighted by molar-refractivity contribution is 0.0812. The third-order valence-corrected chi connectivity index (χ3v) is 10.9. The summed E-state index contributed by atoms with van der Waals surface area (Å²) in [7, 11) is -2.04. The predicted octanol–water partition coefficient (Wildman–Crippen LogP) is 5.27. The number of hydrogen-bond acceptors (Lipinski definition) is 5. The van der Waals surface area contributed by atoms with Gasteiger partial charge in [-0.15, -0.1) is 0 Å². The highest BCUT2D eigenvalue weighted by atomic mass is 32.2. The summed E-state index contributed by atoms with van der Waals surface area (Å²) in [6.07, 6.45) is 5.64. The van der Waals surface area contributed by atoms with Crippen molar-refractivity contribution in [3.05, 3.63) is 65.4 Å². The first-order chi connectivity index (χ1) is 20.2. The van der Waals surface area contributed by atoms with Gasteiger partial charge in [0, 0.05) is 42.8 Å². The number of rotatable bonds is 13. The first-order valence-corrected chi connectivity index (χ1v) is 17.1. The average molecular weight is 611 g/mol. The quantitative estimate of drug-likeness (QED) is 0.245. The number of sulfonamides is 1. The number of β-amino-alcohol motifs (C(OH)–C–C–N with tert-alkyl or cyclic N) is 1. The summed E-state index contributed by atoms with van der Waals surface area (Å²) in [5.41, 5.74) is 3.62. The van der Waals surface area contributed by atoms with Crippen LogP contribution in [-0.4, -0.2) is 60.5 Å². The molecule has 0 bridgehead atoms. The van der Waals surface area contributed by atoms with Gasteiger partial charge in [-0.05, 0) is 69.2 Å². The molecule has 0 spiro atoms. The van der Waals surface area contributed by atoms with E-state index in [1.165, 1.54) is 4.31 Å². The van der Waals surface area contributed by atoms with Crippen molar-refractivity contribution < 1.29 is 18.3 Å². The van der Waals surface area contributed by atoms with Crippen molar-refractivity contribution in [1.29, 1.82) is 0 Å². The summed E-state index contributed by atoms with van der Waals surface area (Å²) < 4.78 is 29.9. The molecule has 0 radical (unpaired) electrons. The summed E-state index contributed by atoms with van der Waals surface area (Å²) in [5.74, 6) is 0.312. The molecule has 2 aromatic carbocycles. The van der Waals surface area contributed by atoms with Crippen molar-refractivity contribution in [1.82, 2.24) is 15.2 Å². The van der Waals surface area contributed by atoms with Gasteiger partial charge in [0.2, 0.25) is 10.0 Å². The summed E-state index contributed by atoms with van der Waals surface area (Å²) >= 11 is 0. The maximum atomic E-state index is 13.9. The minimum atomic E-state index is -3.60. The molecule has 0 fully saturated rings. The Bertz CT molecular complexity index is 1510. The Hall–Kier alpha value is -2.88. The monoisotopic (exact) mass is 610 g/mol. The number of hydrogen-bond donors (Lipinski definition) is 3. The van der Waals surface area contributed by atoms with Crippen molar-refractivity contribution in [2.75, 3.05) is 17.9 Å². The third kappa shape index (κ3) is 7.62. The van der Waals surface area contributed by atoms with Gasteiger partial charge in [-0.2, -0.15) is 0 Å². The van der Waals surface area contributed by atoms with Crippen LogP contribution in [0.3, 0.4) is 0 Å². The fraction of sp³-hybridized carbons (Fsp3) is 0.559. The average Bonchev–Trinajstić information content (AvgIpc) is 3.29. The zero-order valence-electron chi connectivity index (χ0n) is 26.9. The zero-order chi connectivity index (χ0) is 31.5. The van der Waals surface area contributed by atoms with E-state index in [2.05, 4.69) is 45.3 Å². The van der Waals surface area contributed by atoms with E-state index in [9.17, 15) is 18.3 Å². The molecule has 1 unspecified atom stereocenters. The second kappa shape index (κ2) is 13.4. The Morgan fingerprint density at radius 2 is 1.86 bits per heavy atom. The molecule has 9 heteroatoms. The molecule has 3 aromatic rings. The van der Waals surface area contributed by atoms with Crippen LogP contribution < -0.4 is 14.9 Å². The van der Waals surface area contributed by atoms with Gasteiger partial charge in [-0.25, -0.2) is 8.42 Å². The molecule has 4 rings (SSSR count). The van der Waals surface area contributed by atoms with Gasteiger partial charge in [0.25, 0.3) is 5.91 Å². The molecule has 0 saturated carbocycles. The Kier molecular flexibility index (Phi) is 10.3. The Labute approximate surface area is 257 Å². The van der Waals surface area contributed by atoms with E-state index in [1.807, 2.05) is 47.2 Å². The summed E-state index contributed by atoms with van der Waals surface area (Å²) in [5, 5.41) is 18.3. The Morgan fingerprint density at radius 3 is 2.51 bits per heavy atom. The van der Waals surface area contributed by atoms with E-state index >= 15 is 0 Å². The van der Waals surface area contributed by atoms with Gasteiger partial charge >= 0.3 is 0 Å². The predicted molar refractivity (Wildman–Crippen MR) is 176 cm³/mol. The zero-order valence-corrected chi connectivity index (χ0v) is 27.7. The summed E-state index contributed by atoms with van der Waals surface area (Å²) in [6, 6.07) is 12.8. The van der Waals surface area contributed by atoms with Gasteiger partial charge in [-0.3, -0.25) is 9.10 Å². The number of aromatic nitrogens is 1. The first kappa shape index (κ1) is 33.0. The van der Waals surface area contributed by atoms with Crippen molar-refractivity contribution >= 4 is 32.5 Å². The number of nitrogens with zero attached hydrogens (tertiary/aromatic N) is 2. The summed E-state index contributed by atoms with van der Waals surface area (Å²) in [4.78, 5) is 13.9. The van der Waals surface area contributed by atoms with Crippen molar-refractivity contribution in [3.63, 3.8) is 0 Å². The Morgan fingerprint density at radius 1 is 1.16 bits per heavy atom. The molecular weight excluding hydrogens is 560 g/mol. The smallest absolute Gasteiger partial charge is 0.251 e. The van der Waals surface area contributed by atoms with E-state index in [4.69, 9.17) is 0 Å². The molecule has 3 atom stereocenters. The highest BCUT2D eigenvalue weighted by Crippen LogP contribution is 2.37. The lowest BCUT2D eigenvalue weighted by Gasteiger charge is -2.31. The van der Waals surface area contributed by atoms with Crippen molar-refractivity contribution in [2.24, 2.45) is 5.92 Å². The van der Waals surface area contributed by atoms with E-state index < -0.39 is 27.4 Å². The van der Waals surface area contributed by atoms with Crippen LogP contribution in [0.15, 0.2) is 48.7 Å². The maximum absolute atomic E-state index is 13.9. The molecule has 2 heterocycles. The number of nitrogens with one attached hydrogen (secondary N) is 2. The standard InChI is InChI=1S/C34H50N4O4S/c1-8-26-22-38-21-24(4)43(41,42)37(7)30-19-27(18-28(26)32(30)38)33(40)36-29(17-25-14-10-9-11-15-25)31(39)20-35-34(5,6)16-12-13-23(2)3/h9-11,14-15,18-19,22-24,29,31,35,39H,8,12-13,16-17,20-21H2,1-7H3,(H,36,40)/t24?,29-,31+/m0/s1. The van der Waals surface area contributed by atoms with Gasteiger partial charge in [0.15, 0.2) is 0 Å². The number of aliphatic hydroxyl groups excluding tert-OH is 1. The molecular formula is C34H50N4O4S. The normalized spacial score (nSPS) is 18.1. The van der Waals surface area contributed by atoms with E-state index in [1.54, 1.807) is 20.0 Å². The number of amides is 1. The first-order valence-electron chi connectivity index (χ1n) is 15.6. The topological polar surface area (TPSA) is 104 Å². The summed E-state index contributed by atoms with van der Waals surface area (Å²) in [6.45, 7) is 13.2. The highest BCUT2D eigenvalue weighted by molar-refractivity contribution is 7.93. The van der Waals surface area contributed by atoms with Gasteiger partial charge in [0.05, 0.1) is 28.6 Å². The fourth-order valence-corrected chi connectivity index (χ4v) is 7.33. The van der Waals surface area contributed by atoms with Crippen molar-refractivity contribution in [3.8, 4) is 0 Å². The van der Waals surface area contributed by atoms with E-state index in [-0.39, 0.29) is 11.4 Å². The minimum Gasteiger partial charge on any atom is -0.390 e. The van der Waals surface area contributed by atoms with Crippen LogP contribution in [-0.2, 0) is 29.4 Å². The highest BCUT2D eigenvalue weighted by Gasteiger charge is 2.34. The van der Waals surface area contributed by atoms with Crippen LogP contribution in [0.4, 0.5) is 5.69 Å². The third-order valence-electron chi connectivity index (χ3n) is 8.81. The van der Waals surface area contributed by atoms with Crippen LogP contribution in [0, 0.1) is 5.92 Å². The number of carbonyl (C=O) groups is 1. The number of carbonyl (C=O) groups excluding carboxylic acids is 1. The largest absolute Gasteiger partial charge is 0.390 e. The van der Waals surface area contributed by atoms with Crippen molar-refractivity contribution in [2.45, 2.75) is 103 Å². The second-order valence-corrected chi connectivity index (χ2v) is 15.6. The van der Waals surface area contributed by atoms with Crippen LogP contribution in [0.25, 0.3) is 10.9 Å². The molecule has 1 aliphatic rings. The second-order valence-electron chi connectivity index (χ2n) is 13.3. The SMILES string of the molecule is CCc1cn2c3c(cc(C(=O)N[C@@H](Cc4ccccc4)[C@H](O)CNC(C)(C)CCCC(C)C)cc13)N(C)S(=O)(=O)C(C)C2. The van der Waals surface area contributed by atoms with Gasteiger partial charge in [-0.1, -0.05) is 63.9 Å². The van der Waals surface area contributed by atoms with Crippen LogP contribution in [0.5, 0.6) is 0 Å².